The molecule has 0 bridgehead atoms. The number of hydrogen-bond acceptors (Lipinski definition) is 6. The van der Waals surface area contributed by atoms with Crippen molar-refractivity contribution >= 4 is 16.6 Å². The minimum absolute atomic E-state index is 0.117. The molecule has 1 saturated heterocycles. The number of aromatic nitrogens is 4. The Morgan fingerprint density at radius 1 is 1.13 bits per heavy atom. The molecule has 2 N–H and O–H groups in total. The fourth-order valence-corrected chi connectivity index (χ4v) is 4.30. The third-order valence-electron chi connectivity index (χ3n) is 6.12. The van der Waals surface area contributed by atoms with E-state index in [2.05, 4.69) is 41.2 Å². The number of para-hydroxylation sites is 1. The fraction of sp³-hybridized carbons (Fsp3) is 0.348. The van der Waals surface area contributed by atoms with E-state index in [9.17, 15) is 0 Å². The molecule has 5 rings (SSSR count). The van der Waals surface area contributed by atoms with Crippen LogP contribution in [0.3, 0.4) is 0 Å². The van der Waals surface area contributed by atoms with Gasteiger partial charge in [0, 0.05) is 36.3 Å². The van der Waals surface area contributed by atoms with E-state index in [1.165, 1.54) is 5.56 Å². The Hall–Kier alpha value is -3.03. The van der Waals surface area contributed by atoms with Gasteiger partial charge in [-0.2, -0.15) is 0 Å². The number of nitrogens with zero attached hydrogens (tertiary/aromatic N) is 5. The fourth-order valence-electron chi connectivity index (χ4n) is 4.30. The number of likely N-dealkylation sites (tertiary alicyclic amines) is 1. The molecular formula is C23H26N6O. The maximum Gasteiger partial charge on any atom is 0.187 e. The van der Waals surface area contributed by atoms with Crippen LogP contribution in [0, 0.1) is 0 Å². The first-order valence-corrected chi connectivity index (χ1v) is 10.3. The Bertz CT molecular complexity index is 1230. The molecular weight excluding hydrogens is 376 g/mol. The van der Waals surface area contributed by atoms with Crippen LogP contribution in [0.25, 0.3) is 28.1 Å². The average molecular weight is 403 g/mol. The van der Waals surface area contributed by atoms with Crippen LogP contribution in [-0.2, 0) is 0 Å². The lowest BCUT2D eigenvalue weighted by Crippen LogP contribution is -2.39. The summed E-state index contributed by atoms with van der Waals surface area (Å²) in [6.07, 6.45) is 3.13. The normalized spacial score (nSPS) is 20.8. The Balaban J connectivity index is 1.56. The van der Waals surface area contributed by atoms with Crippen LogP contribution < -0.4 is 10.5 Å². The third-order valence-corrected chi connectivity index (χ3v) is 6.12. The smallest absolute Gasteiger partial charge is 0.187 e. The monoisotopic (exact) mass is 402 g/mol. The Morgan fingerprint density at radius 3 is 2.77 bits per heavy atom. The molecule has 1 aliphatic heterocycles. The minimum Gasteiger partial charge on any atom is -0.494 e. The van der Waals surface area contributed by atoms with Gasteiger partial charge in [0.1, 0.15) is 17.0 Å². The van der Waals surface area contributed by atoms with Gasteiger partial charge in [-0.15, -0.1) is 10.2 Å². The van der Waals surface area contributed by atoms with E-state index in [1.54, 1.807) is 7.11 Å². The number of nitrogens with two attached hydrogens (primary N) is 1. The van der Waals surface area contributed by atoms with Crippen LogP contribution in [0.4, 0.5) is 0 Å². The lowest BCUT2D eigenvalue weighted by atomic mass is 10.0. The first-order valence-electron chi connectivity index (χ1n) is 10.3. The Labute approximate surface area is 175 Å². The molecule has 0 amide bonds. The van der Waals surface area contributed by atoms with Crippen LogP contribution in [0.5, 0.6) is 5.75 Å². The summed E-state index contributed by atoms with van der Waals surface area (Å²) in [5, 5.41) is 9.80. The molecule has 0 saturated carbocycles. The Kier molecular flexibility index (Phi) is 4.45. The summed E-state index contributed by atoms with van der Waals surface area (Å²) in [5.41, 5.74) is 9.81. The standard InChI is InChI=1S/C23H26N6O/c1-15(28-12-11-23(2,24)14-28)17-8-10-20-26-27-22(29(20)13-17)18-9-7-16-5-4-6-19(30-3)21(16)25-18/h4-10,13,15H,11-12,14,24H2,1-3H3/t15-,23+/m0/s1. The first kappa shape index (κ1) is 19.0. The second-order valence-electron chi connectivity index (χ2n) is 8.49. The van der Waals surface area contributed by atoms with Crippen molar-refractivity contribution in [1.29, 1.82) is 0 Å². The molecule has 0 aliphatic carbocycles. The molecule has 7 nitrogen and oxygen atoms in total. The largest absolute Gasteiger partial charge is 0.494 e. The molecule has 0 spiro atoms. The van der Waals surface area contributed by atoms with E-state index in [4.69, 9.17) is 15.5 Å². The number of hydrogen-bond donors (Lipinski definition) is 1. The first-order chi connectivity index (χ1) is 14.4. The van der Waals surface area contributed by atoms with Crippen molar-refractivity contribution in [2.75, 3.05) is 20.2 Å². The molecule has 7 heteroatoms. The third kappa shape index (κ3) is 3.20. The summed E-state index contributed by atoms with van der Waals surface area (Å²) in [5.74, 6) is 1.47. The number of ether oxygens (including phenoxy) is 1. The summed E-state index contributed by atoms with van der Waals surface area (Å²) in [7, 11) is 1.66. The number of pyridine rings is 2. The summed E-state index contributed by atoms with van der Waals surface area (Å²) in [4.78, 5) is 7.27. The molecule has 4 aromatic rings. The molecule has 0 unspecified atom stereocenters. The van der Waals surface area contributed by atoms with Gasteiger partial charge in [-0.3, -0.25) is 9.30 Å². The lowest BCUT2D eigenvalue weighted by Gasteiger charge is -2.26. The predicted molar refractivity (Wildman–Crippen MR) is 117 cm³/mol. The molecule has 4 heterocycles. The highest BCUT2D eigenvalue weighted by atomic mass is 16.5. The minimum atomic E-state index is -0.117. The molecule has 1 aromatic carbocycles. The van der Waals surface area contributed by atoms with Crippen LogP contribution >= 0.6 is 0 Å². The number of rotatable bonds is 4. The van der Waals surface area contributed by atoms with Gasteiger partial charge < -0.3 is 10.5 Å². The molecule has 3 aromatic heterocycles. The van der Waals surface area contributed by atoms with E-state index in [-0.39, 0.29) is 11.6 Å². The Morgan fingerprint density at radius 2 is 2.00 bits per heavy atom. The van der Waals surface area contributed by atoms with Gasteiger partial charge >= 0.3 is 0 Å². The molecule has 0 radical (unpaired) electrons. The summed E-state index contributed by atoms with van der Waals surface area (Å²) in [6.45, 7) is 6.26. The van der Waals surface area contributed by atoms with Crippen molar-refractivity contribution in [3.05, 3.63) is 54.2 Å². The SMILES string of the molecule is COc1cccc2ccc(-c3nnc4ccc([C@H](C)N5CC[C@@](C)(N)C5)cn34)nc12. The maximum atomic E-state index is 6.34. The number of benzene rings is 1. The molecule has 1 aliphatic rings. The van der Waals surface area contributed by atoms with E-state index in [0.717, 1.165) is 53.3 Å². The molecule has 154 valence electrons. The van der Waals surface area contributed by atoms with E-state index in [1.807, 2.05) is 40.8 Å². The zero-order valence-corrected chi connectivity index (χ0v) is 17.5. The number of methoxy groups -OCH3 is 1. The van der Waals surface area contributed by atoms with Crippen molar-refractivity contribution < 1.29 is 4.74 Å². The topological polar surface area (TPSA) is 81.6 Å². The van der Waals surface area contributed by atoms with E-state index >= 15 is 0 Å². The second-order valence-corrected chi connectivity index (χ2v) is 8.49. The van der Waals surface area contributed by atoms with Gasteiger partial charge in [-0.1, -0.05) is 24.3 Å². The van der Waals surface area contributed by atoms with Crippen molar-refractivity contribution in [2.24, 2.45) is 5.73 Å². The highest BCUT2D eigenvalue weighted by Crippen LogP contribution is 2.30. The summed E-state index contributed by atoms with van der Waals surface area (Å²) in [6, 6.07) is 14.3. The summed E-state index contributed by atoms with van der Waals surface area (Å²) >= 11 is 0. The second kappa shape index (κ2) is 7.04. The van der Waals surface area contributed by atoms with E-state index < -0.39 is 0 Å². The molecule has 30 heavy (non-hydrogen) atoms. The van der Waals surface area contributed by atoms with Crippen LogP contribution in [0.15, 0.2) is 48.7 Å². The van der Waals surface area contributed by atoms with Gasteiger partial charge in [-0.05, 0) is 44.0 Å². The average Bonchev–Trinajstić information content (AvgIpc) is 3.34. The maximum absolute atomic E-state index is 6.34. The summed E-state index contributed by atoms with van der Waals surface area (Å²) < 4.78 is 7.51. The van der Waals surface area contributed by atoms with Crippen molar-refractivity contribution in [3.8, 4) is 17.3 Å². The molecule has 2 atom stereocenters. The van der Waals surface area contributed by atoms with Crippen LogP contribution in [0.1, 0.15) is 31.9 Å². The van der Waals surface area contributed by atoms with Crippen molar-refractivity contribution in [1.82, 2.24) is 24.5 Å². The van der Waals surface area contributed by atoms with Gasteiger partial charge in [-0.25, -0.2) is 4.98 Å². The highest BCUT2D eigenvalue weighted by molar-refractivity contribution is 5.86. The van der Waals surface area contributed by atoms with Gasteiger partial charge in [0.05, 0.1) is 7.11 Å². The quantitative estimate of drug-likeness (QED) is 0.563. The predicted octanol–water partition coefficient (Wildman–Crippen LogP) is 3.44. The highest BCUT2D eigenvalue weighted by Gasteiger charge is 2.32. The van der Waals surface area contributed by atoms with Gasteiger partial charge in [0.2, 0.25) is 0 Å². The van der Waals surface area contributed by atoms with Crippen LogP contribution in [0.2, 0.25) is 0 Å². The van der Waals surface area contributed by atoms with Crippen molar-refractivity contribution in [2.45, 2.75) is 31.8 Å². The zero-order valence-electron chi connectivity index (χ0n) is 17.5. The van der Waals surface area contributed by atoms with Crippen LogP contribution in [-0.4, -0.2) is 50.2 Å². The van der Waals surface area contributed by atoms with Gasteiger partial charge in [0.25, 0.3) is 0 Å². The van der Waals surface area contributed by atoms with E-state index in [0.29, 0.717) is 0 Å². The molecule has 1 fully saturated rings. The zero-order chi connectivity index (χ0) is 20.9. The van der Waals surface area contributed by atoms with Gasteiger partial charge in [0.15, 0.2) is 11.5 Å². The number of fused-ring (bicyclic) bond motifs is 2. The van der Waals surface area contributed by atoms with Crippen molar-refractivity contribution in [3.63, 3.8) is 0 Å². The lowest BCUT2D eigenvalue weighted by molar-refractivity contribution is 0.248.